The molecule has 0 bridgehead atoms. The molecule has 0 heterocycles. The average Bonchev–Trinajstić information content (AvgIpc) is 2.34. The predicted octanol–water partition coefficient (Wildman–Crippen LogP) is 2.71. The van der Waals surface area contributed by atoms with Crippen molar-refractivity contribution in [1.82, 2.24) is 5.32 Å². The fraction of sp³-hybridized carbons (Fsp3) is 0.625. The Labute approximate surface area is 111 Å². The van der Waals surface area contributed by atoms with Gasteiger partial charge in [0.1, 0.15) is 0 Å². The molecule has 18 heavy (non-hydrogen) atoms. The first-order chi connectivity index (χ1) is 8.65. The molecule has 3 N–H and O–H groups in total. The molecule has 1 saturated carbocycles. The summed E-state index contributed by atoms with van der Waals surface area (Å²) in [4.78, 5) is 0. The third-order valence-electron chi connectivity index (χ3n) is 4.10. The van der Waals surface area contributed by atoms with Gasteiger partial charge in [-0.15, -0.1) is 0 Å². The molecule has 2 rings (SSSR count). The van der Waals surface area contributed by atoms with Crippen LogP contribution in [0.5, 0.6) is 0 Å². The number of nitrogens with two attached hydrogens (primary N) is 1. The summed E-state index contributed by atoms with van der Waals surface area (Å²) in [6.45, 7) is 5.45. The Bertz CT molecular complexity index is 379. The van der Waals surface area contributed by atoms with Crippen LogP contribution in [-0.4, -0.2) is 18.6 Å². The normalized spacial score (nSPS) is 24.2. The van der Waals surface area contributed by atoms with E-state index in [1.165, 1.54) is 42.4 Å². The molecule has 0 amide bonds. The smallest absolute Gasteiger partial charge is 0.00683 e. The molecule has 100 valence electrons. The van der Waals surface area contributed by atoms with Crippen molar-refractivity contribution in [2.45, 2.75) is 58.0 Å². The Morgan fingerprint density at radius 2 is 1.89 bits per heavy atom. The number of hydrogen-bond acceptors (Lipinski definition) is 2. The van der Waals surface area contributed by atoms with Crippen molar-refractivity contribution in [3.05, 3.63) is 34.9 Å². The summed E-state index contributed by atoms with van der Waals surface area (Å²) in [7, 11) is 0. The minimum Gasteiger partial charge on any atom is -0.328 e. The van der Waals surface area contributed by atoms with E-state index in [9.17, 15) is 0 Å². The second-order valence-electron chi connectivity index (χ2n) is 5.75. The van der Waals surface area contributed by atoms with E-state index in [1.54, 1.807) is 0 Å². The summed E-state index contributed by atoms with van der Waals surface area (Å²) < 4.78 is 0. The predicted molar refractivity (Wildman–Crippen MR) is 77.9 cm³/mol. The van der Waals surface area contributed by atoms with Gasteiger partial charge in [0.25, 0.3) is 0 Å². The Hall–Kier alpha value is -0.860. The molecule has 0 aliphatic heterocycles. The fourth-order valence-corrected chi connectivity index (χ4v) is 2.86. The average molecular weight is 246 g/mol. The Kier molecular flexibility index (Phi) is 4.79. The van der Waals surface area contributed by atoms with Gasteiger partial charge in [0.15, 0.2) is 0 Å². The standard InChI is InChI=1S/C16H26N2/c1-12-3-4-14(13(2)11-12)9-10-18-16-7-5-15(17)6-8-16/h3-4,11,15-16,18H,5-10,17H2,1-2H3. The number of aryl methyl sites for hydroxylation is 2. The SMILES string of the molecule is Cc1ccc(CCNC2CCC(N)CC2)c(C)c1. The molecule has 1 aliphatic carbocycles. The summed E-state index contributed by atoms with van der Waals surface area (Å²) in [5, 5.41) is 3.68. The van der Waals surface area contributed by atoms with Crippen LogP contribution in [0.1, 0.15) is 42.4 Å². The van der Waals surface area contributed by atoms with Gasteiger partial charge in [-0.2, -0.15) is 0 Å². The largest absolute Gasteiger partial charge is 0.328 e. The highest BCUT2D eigenvalue weighted by atomic mass is 14.9. The van der Waals surface area contributed by atoms with Crippen LogP contribution in [0.25, 0.3) is 0 Å². The second kappa shape index (κ2) is 6.35. The molecule has 0 aromatic heterocycles. The van der Waals surface area contributed by atoms with Gasteiger partial charge in [0.2, 0.25) is 0 Å². The van der Waals surface area contributed by atoms with E-state index in [0.29, 0.717) is 12.1 Å². The second-order valence-corrected chi connectivity index (χ2v) is 5.75. The van der Waals surface area contributed by atoms with Crippen LogP contribution in [0.4, 0.5) is 0 Å². The van der Waals surface area contributed by atoms with E-state index < -0.39 is 0 Å². The van der Waals surface area contributed by atoms with Crippen LogP contribution >= 0.6 is 0 Å². The van der Waals surface area contributed by atoms with Crippen molar-refractivity contribution in [1.29, 1.82) is 0 Å². The van der Waals surface area contributed by atoms with Crippen molar-refractivity contribution in [2.75, 3.05) is 6.54 Å². The third-order valence-corrected chi connectivity index (χ3v) is 4.10. The Morgan fingerprint density at radius 3 is 2.56 bits per heavy atom. The molecule has 0 spiro atoms. The van der Waals surface area contributed by atoms with Gasteiger partial charge in [-0.25, -0.2) is 0 Å². The highest BCUT2D eigenvalue weighted by molar-refractivity contribution is 5.30. The minimum atomic E-state index is 0.447. The van der Waals surface area contributed by atoms with Gasteiger partial charge in [0, 0.05) is 12.1 Å². The topological polar surface area (TPSA) is 38.0 Å². The Morgan fingerprint density at radius 1 is 1.17 bits per heavy atom. The molecule has 0 radical (unpaired) electrons. The molecule has 0 saturated heterocycles. The van der Waals surface area contributed by atoms with E-state index in [1.807, 2.05) is 0 Å². The van der Waals surface area contributed by atoms with Crippen LogP contribution in [0.15, 0.2) is 18.2 Å². The zero-order valence-electron chi connectivity index (χ0n) is 11.7. The quantitative estimate of drug-likeness (QED) is 0.857. The van der Waals surface area contributed by atoms with Crippen molar-refractivity contribution in [2.24, 2.45) is 5.73 Å². The van der Waals surface area contributed by atoms with Crippen LogP contribution in [0, 0.1) is 13.8 Å². The molecular formula is C16H26N2. The van der Waals surface area contributed by atoms with Crippen molar-refractivity contribution in [3.63, 3.8) is 0 Å². The molecule has 0 atom stereocenters. The molecule has 0 unspecified atom stereocenters. The minimum absolute atomic E-state index is 0.447. The van der Waals surface area contributed by atoms with Gasteiger partial charge in [-0.3, -0.25) is 0 Å². The van der Waals surface area contributed by atoms with Gasteiger partial charge in [-0.1, -0.05) is 23.8 Å². The van der Waals surface area contributed by atoms with Gasteiger partial charge in [0.05, 0.1) is 0 Å². The summed E-state index contributed by atoms with van der Waals surface area (Å²) in [5.74, 6) is 0. The molecule has 1 aromatic carbocycles. The van der Waals surface area contributed by atoms with Crippen LogP contribution in [0.2, 0.25) is 0 Å². The lowest BCUT2D eigenvalue weighted by molar-refractivity contribution is 0.344. The fourth-order valence-electron chi connectivity index (χ4n) is 2.86. The summed E-state index contributed by atoms with van der Waals surface area (Å²) in [6, 6.07) is 7.89. The molecular weight excluding hydrogens is 220 g/mol. The van der Waals surface area contributed by atoms with Crippen molar-refractivity contribution < 1.29 is 0 Å². The molecule has 1 aliphatic rings. The van der Waals surface area contributed by atoms with Gasteiger partial charge in [-0.05, 0) is 63.6 Å². The van der Waals surface area contributed by atoms with E-state index in [4.69, 9.17) is 5.73 Å². The first-order valence-corrected chi connectivity index (χ1v) is 7.20. The highest BCUT2D eigenvalue weighted by Crippen LogP contribution is 2.17. The summed E-state index contributed by atoms with van der Waals surface area (Å²) in [6.07, 6.45) is 5.99. The number of benzene rings is 1. The first kappa shape index (κ1) is 13.6. The van der Waals surface area contributed by atoms with Crippen LogP contribution in [-0.2, 0) is 6.42 Å². The number of nitrogens with one attached hydrogen (secondary N) is 1. The molecule has 1 fully saturated rings. The third kappa shape index (κ3) is 3.82. The van der Waals surface area contributed by atoms with Crippen LogP contribution < -0.4 is 11.1 Å². The van der Waals surface area contributed by atoms with E-state index >= 15 is 0 Å². The zero-order valence-corrected chi connectivity index (χ0v) is 11.7. The maximum atomic E-state index is 5.92. The maximum absolute atomic E-state index is 5.92. The van der Waals surface area contributed by atoms with E-state index in [2.05, 4.69) is 37.4 Å². The van der Waals surface area contributed by atoms with Crippen LogP contribution in [0.3, 0.4) is 0 Å². The van der Waals surface area contributed by atoms with Gasteiger partial charge >= 0.3 is 0 Å². The van der Waals surface area contributed by atoms with Crippen molar-refractivity contribution in [3.8, 4) is 0 Å². The lowest BCUT2D eigenvalue weighted by atomic mass is 9.91. The summed E-state index contributed by atoms with van der Waals surface area (Å²) >= 11 is 0. The first-order valence-electron chi connectivity index (χ1n) is 7.20. The van der Waals surface area contributed by atoms with E-state index in [-0.39, 0.29) is 0 Å². The van der Waals surface area contributed by atoms with Crippen molar-refractivity contribution >= 4 is 0 Å². The summed E-state index contributed by atoms with van der Waals surface area (Å²) in [5.41, 5.74) is 10.2. The maximum Gasteiger partial charge on any atom is 0.00683 e. The lowest BCUT2D eigenvalue weighted by Gasteiger charge is -2.27. The zero-order chi connectivity index (χ0) is 13.0. The number of rotatable bonds is 4. The molecule has 2 heteroatoms. The Balaban J connectivity index is 1.75. The lowest BCUT2D eigenvalue weighted by Crippen LogP contribution is -2.38. The molecule has 2 nitrogen and oxygen atoms in total. The van der Waals surface area contributed by atoms with E-state index in [0.717, 1.165) is 13.0 Å². The molecule has 1 aromatic rings. The highest BCUT2D eigenvalue weighted by Gasteiger charge is 2.17. The monoisotopic (exact) mass is 246 g/mol. The van der Waals surface area contributed by atoms with Gasteiger partial charge < -0.3 is 11.1 Å². The number of hydrogen-bond donors (Lipinski definition) is 2.